The highest BCUT2D eigenvalue weighted by Gasteiger charge is 2.54. The summed E-state index contributed by atoms with van der Waals surface area (Å²) in [6.45, 7) is 1.87. The summed E-state index contributed by atoms with van der Waals surface area (Å²) in [5.41, 5.74) is 6.51. The van der Waals surface area contributed by atoms with E-state index in [-0.39, 0.29) is 23.3 Å². The average Bonchev–Trinajstić information content (AvgIpc) is 3.37. The van der Waals surface area contributed by atoms with Crippen molar-refractivity contribution in [3.8, 4) is 16.8 Å². The minimum atomic E-state index is -0.350. The van der Waals surface area contributed by atoms with Gasteiger partial charge in [0, 0.05) is 63.2 Å². The Labute approximate surface area is 225 Å². The molecule has 39 heavy (non-hydrogen) atoms. The molecular formula is C28H20ClFN8O. The smallest absolute Gasteiger partial charge is 0.251 e. The summed E-state index contributed by atoms with van der Waals surface area (Å²) in [5, 5.41) is 19.8. The Hall–Kier alpha value is -4.44. The number of allylic oxidation sites excluding steroid dienone is 1. The summed E-state index contributed by atoms with van der Waals surface area (Å²) >= 11 is 6.34. The van der Waals surface area contributed by atoms with Gasteiger partial charge in [-0.1, -0.05) is 23.7 Å². The molecule has 3 aliphatic rings. The molecule has 3 unspecified atom stereocenters. The fraction of sp³-hybridized carbons (Fsp3) is 0.214. The second-order valence-corrected chi connectivity index (χ2v) is 10.8. The molecule has 2 aromatic carbocycles. The maximum Gasteiger partial charge on any atom is 0.251 e. The highest BCUT2D eigenvalue weighted by atomic mass is 35.5. The van der Waals surface area contributed by atoms with E-state index < -0.39 is 0 Å². The van der Waals surface area contributed by atoms with Crippen LogP contribution in [0.15, 0.2) is 64.8 Å². The first-order chi connectivity index (χ1) is 19.0. The molecule has 9 nitrogen and oxygen atoms in total. The van der Waals surface area contributed by atoms with Gasteiger partial charge >= 0.3 is 0 Å². The van der Waals surface area contributed by atoms with Gasteiger partial charge in [0.25, 0.3) is 5.56 Å². The van der Waals surface area contributed by atoms with E-state index in [2.05, 4.69) is 31.8 Å². The van der Waals surface area contributed by atoms with E-state index in [4.69, 9.17) is 16.6 Å². The van der Waals surface area contributed by atoms with Crippen molar-refractivity contribution in [1.29, 1.82) is 0 Å². The molecule has 0 amide bonds. The van der Waals surface area contributed by atoms with Gasteiger partial charge in [0.2, 0.25) is 0 Å². The first-order valence-electron chi connectivity index (χ1n) is 12.7. The van der Waals surface area contributed by atoms with Crippen molar-refractivity contribution in [3.05, 3.63) is 93.1 Å². The van der Waals surface area contributed by atoms with Gasteiger partial charge in [0.15, 0.2) is 5.82 Å². The predicted molar refractivity (Wildman–Crippen MR) is 145 cm³/mol. The summed E-state index contributed by atoms with van der Waals surface area (Å²) in [5.74, 6) is 0.238. The molecule has 3 aromatic heterocycles. The number of nitrogens with zero attached hydrogens (tertiary/aromatic N) is 7. The van der Waals surface area contributed by atoms with Crippen LogP contribution in [0.5, 0.6) is 0 Å². The Morgan fingerprint density at radius 2 is 2.03 bits per heavy atom. The van der Waals surface area contributed by atoms with E-state index >= 15 is 4.39 Å². The number of halogens is 2. The number of hydrogen-bond acceptors (Lipinski definition) is 6. The van der Waals surface area contributed by atoms with Gasteiger partial charge in [-0.3, -0.25) is 14.9 Å². The molecule has 1 saturated carbocycles. The SMILES string of the molecule is Cc1[nH]nc2c(F)c(C3=CN=C(C4C5CC5c5cc(-c6cc(Cl)ccc6-n6cnnn6)cc(=O)n54)C3)ccc12. The van der Waals surface area contributed by atoms with Crippen LogP contribution in [0.1, 0.15) is 41.8 Å². The molecule has 5 heterocycles. The Balaban J connectivity index is 1.15. The third-order valence-electron chi connectivity index (χ3n) is 8.17. The average molecular weight is 539 g/mol. The van der Waals surface area contributed by atoms with E-state index in [0.717, 1.165) is 51.3 Å². The monoisotopic (exact) mass is 538 g/mol. The number of aromatic nitrogens is 7. The zero-order valence-electron chi connectivity index (χ0n) is 20.6. The highest BCUT2D eigenvalue weighted by molar-refractivity contribution is 6.31. The number of aliphatic imine (C=N–C) groups is 1. The Morgan fingerprint density at radius 1 is 1.13 bits per heavy atom. The molecule has 1 N–H and O–H groups in total. The van der Waals surface area contributed by atoms with Crippen LogP contribution in [0.2, 0.25) is 5.02 Å². The van der Waals surface area contributed by atoms with Gasteiger partial charge in [-0.15, -0.1) is 5.10 Å². The second kappa shape index (κ2) is 8.03. The minimum Gasteiger partial charge on any atom is -0.303 e. The molecule has 1 fully saturated rings. The quantitative estimate of drug-likeness (QED) is 0.346. The van der Waals surface area contributed by atoms with Crippen molar-refractivity contribution in [3.63, 3.8) is 0 Å². The maximum atomic E-state index is 15.3. The number of tetrazole rings is 1. The molecule has 1 aliphatic carbocycles. The third-order valence-corrected chi connectivity index (χ3v) is 8.40. The van der Waals surface area contributed by atoms with E-state index in [0.29, 0.717) is 28.4 Å². The van der Waals surface area contributed by atoms with Gasteiger partial charge in [0.05, 0.1) is 11.7 Å². The van der Waals surface area contributed by atoms with Crippen molar-refractivity contribution in [1.82, 2.24) is 35.0 Å². The highest BCUT2D eigenvalue weighted by Crippen LogP contribution is 2.60. The zero-order chi connectivity index (χ0) is 26.4. The molecule has 2 aliphatic heterocycles. The lowest BCUT2D eigenvalue weighted by Crippen LogP contribution is -2.29. The van der Waals surface area contributed by atoms with Gasteiger partial charge in [-0.05, 0) is 65.1 Å². The van der Waals surface area contributed by atoms with Crippen LogP contribution >= 0.6 is 11.6 Å². The number of nitrogens with one attached hydrogen (secondary N) is 1. The normalized spacial score (nSPS) is 21.2. The van der Waals surface area contributed by atoms with Crippen molar-refractivity contribution >= 4 is 33.8 Å². The Kier molecular flexibility index (Phi) is 4.64. The van der Waals surface area contributed by atoms with E-state index in [1.807, 2.05) is 29.7 Å². The zero-order valence-corrected chi connectivity index (χ0v) is 21.4. The van der Waals surface area contributed by atoms with Crippen molar-refractivity contribution < 1.29 is 4.39 Å². The Morgan fingerprint density at radius 3 is 2.87 bits per heavy atom. The van der Waals surface area contributed by atoms with E-state index in [9.17, 15) is 4.79 Å². The molecule has 0 spiro atoms. The van der Waals surface area contributed by atoms with Gasteiger partial charge < -0.3 is 4.57 Å². The summed E-state index contributed by atoms with van der Waals surface area (Å²) < 4.78 is 18.8. The van der Waals surface area contributed by atoms with Crippen molar-refractivity contribution in [2.75, 3.05) is 0 Å². The standard InChI is InChI=1S/C28H20ClFN8O/c1-13-17-3-4-18(26(30)27(17)34-33-13)15-6-22(31-11-15)28-21-10-20(21)24-7-14(8-25(39)38(24)28)19-9-16(29)2-5-23(19)37-12-32-35-36-37/h2-5,7-9,11-12,20-21,28H,6,10H2,1H3,(H,33,34). The molecule has 5 aromatic rings. The largest absolute Gasteiger partial charge is 0.303 e. The van der Waals surface area contributed by atoms with Crippen molar-refractivity contribution in [2.24, 2.45) is 10.9 Å². The Bertz CT molecular complexity index is 1950. The lowest BCUT2D eigenvalue weighted by atomic mass is 9.96. The summed E-state index contributed by atoms with van der Waals surface area (Å²) in [6.07, 6.45) is 4.73. The minimum absolute atomic E-state index is 0.0990. The molecule has 0 radical (unpaired) electrons. The van der Waals surface area contributed by atoms with Crippen LogP contribution in [-0.2, 0) is 0 Å². The molecule has 8 rings (SSSR count). The fourth-order valence-electron chi connectivity index (χ4n) is 6.26. The van der Waals surface area contributed by atoms with Gasteiger partial charge in [-0.2, -0.15) is 9.78 Å². The molecule has 3 atom stereocenters. The number of H-pyrrole nitrogens is 1. The molecule has 11 heteroatoms. The fourth-order valence-corrected chi connectivity index (χ4v) is 6.43. The van der Waals surface area contributed by atoms with Gasteiger partial charge in [0.1, 0.15) is 11.8 Å². The summed E-state index contributed by atoms with van der Waals surface area (Å²) in [4.78, 5) is 18.3. The second-order valence-electron chi connectivity index (χ2n) is 10.4. The summed E-state index contributed by atoms with van der Waals surface area (Å²) in [7, 11) is 0. The van der Waals surface area contributed by atoms with E-state index in [1.54, 1.807) is 29.1 Å². The number of fused-ring (bicyclic) bond motifs is 4. The maximum absolute atomic E-state index is 15.3. The number of aryl methyl sites for hydroxylation is 1. The number of benzene rings is 2. The first-order valence-corrected chi connectivity index (χ1v) is 13.0. The molecular weight excluding hydrogens is 519 g/mol. The lowest BCUT2D eigenvalue weighted by Gasteiger charge is -2.20. The van der Waals surface area contributed by atoms with Crippen LogP contribution in [0, 0.1) is 18.7 Å². The molecule has 0 saturated heterocycles. The predicted octanol–water partition coefficient (Wildman–Crippen LogP) is 5.01. The van der Waals surface area contributed by atoms with Crippen LogP contribution in [0.3, 0.4) is 0 Å². The lowest BCUT2D eigenvalue weighted by molar-refractivity contribution is 0.583. The van der Waals surface area contributed by atoms with Crippen LogP contribution in [-0.4, -0.2) is 40.7 Å². The van der Waals surface area contributed by atoms with Crippen LogP contribution < -0.4 is 5.56 Å². The van der Waals surface area contributed by atoms with Crippen molar-refractivity contribution in [2.45, 2.75) is 31.7 Å². The summed E-state index contributed by atoms with van der Waals surface area (Å²) in [6, 6.07) is 12.7. The van der Waals surface area contributed by atoms with Crippen LogP contribution in [0.4, 0.5) is 4.39 Å². The number of pyridine rings is 1. The number of rotatable bonds is 4. The number of hydrogen-bond donors (Lipinski definition) is 1. The third kappa shape index (κ3) is 3.31. The first kappa shape index (κ1) is 22.5. The van der Waals surface area contributed by atoms with Crippen LogP contribution in [0.25, 0.3) is 33.3 Å². The number of aromatic amines is 1. The topological polar surface area (TPSA) is 107 Å². The van der Waals surface area contributed by atoms with Gasteiger partial charge in [-0.25, -0.2) is 4.39 Å². The molecule has 192 valence electrons. The molecule has 0 bridgehead atoms. The van der Waals surface area contributed by atoms with E-state index in [1.165, 1.54) is 6.33 Å².